The Hall–Kier alpha value is -2.20. The molecule has 0 bridgehead atoms. The van der Waals surface area contributed by atoms with Gasteiger partial charge in [-0.2, -0.15) is 0 Å². The third-order valence-corrected chi connectivity index (χ3v) is 3.64. The number of amides is 1. The Morgan fingerprint density at radius 1 is 1.19 bits per heavy atom. The van der Waals surface area contributed by atoms with Gasteiger partial charge in [0, 0.05) is 27.9 Å². The SMILES string of the molecule is Cc1cc(C)c(OCc2ccc(C(N)=O)cc2Cl)cc1N. The number of carbonyl (C=O) groups is 1. The lowest BCUT2D eigenvalue weighted by molar-refractivity contribution is 0.1000. The second-order valence-corrected chi connectivity index (χ2v) is 5.34. The molecule has 0 saturated carbocycles. The van der Waals surface area contributed by atoms with Crippen molar-refractivity contribution >= 4 is 23.2 Å². The van der Waals surface area contributed by atoms with E-state index in [0.29, 0.717) is 28.6 Å². The van der Waals surface area contributed by atoms with Crippen molar-refractivity contribution in [1.82, 2.24) is 0 Å². The molecule has 0 unspecified atom stereocenters. The Morgan fingerprint density at radius 3 is 2.52 bits per heavy atom. The van der Waals surface area contributed by atoms with Crippen molar-refractivity contribution in [3.63, 3.8) is 0 Å². The molecule has 0 aromatic heterocycles. The standard InChI is InChI=1S/C16H17ClN2O2/c1-9-5-10(2)15(7-14(9)18)21-8-12-4-3-11(16(19)20)6-13(12)17/h3-7H,8,18H2,1-2H3,(H2,19,20). The van der Waals surface area contributed by atoms with Gasteiger partial charge < -0.3 is 16.2 Å². The lowest BCUT2D eigenvalue weighted by Crippen LogP contribution is -2.11. The summed E-state index contributed by atoms with van der Waals surface area (Å²) in [5.41, 5.74) is 15.0. The van der Waals surface area contributed by atoms with E-state index >= 15 is 0 Å². The van der Waals surface area contributed by atoms with Crippen molar-refractivity contribution in [2.45, 2.75) is 20.5 Å². The van der Waals surface area contributed by atoms with Gasteiger partial charge in [-0.05, 0) is 37.1 Å². The van der Waals surface area contributed by atoms with E-state index < -0.39 is 5.91 Å². The van der Waals surface area contributed by atoms with Gasteiger partial charge in [0.1, 0.15) is 12.4 Å². The van der Waals surface area contributed by atoms with E-state index in [9.17, 15) is 4.79 Å². The summed E-state index contributed by atoms with van der Waals surface area (Å²) in [5.74, 6) is 0.208. The van der Waals surface area contributed by atoms with Crippen LogP contribution in [0.2, 0.25) is 5.02 Å². The van der Waals surface area contributed by atoms with Gasteiger partial charge in [0.25, 0.3) is 0 Å². The third-order valence-electron chi connectivity index (χ3n) is 3.28. The van der Waals surface area contributed by atoms with Gasteiger partial charge in [-0.15, -0.1) is 0 Å². The van der Waals surface area contributed by atoms with E-state index in [1.54, 1.807) is 24.3 Å². The highest BCUT2D eigenvalue weighted by molar-refractivity contribution is 6.31. The minimum Gasteiger partial charge on any atom is -0.489 e. The Balaban J connectivity index is 2.17. The average Bonchev–Trinajstić information content (AvgIpc) is 2.42. The number of hydrogen-bond donors (Lipinski definition) is 2. The number of hydrogen-bond acceptors (Lipinski definition) is 3. The van der Waals surface area contributed by atoms with Crippen LogP contribution in [0, 0.1) is 13.8 Å². The fourth-order valence-electron chi connectivity index (χ4n) is 1.98. The molecule has 2 aromatic rings. The summed E-state index contributed by atoms with van der Waals surface area (Å²) in [6.45, 7) is 4.20. The molecule has 0 radical (unpaired) electrons. The monoisotopic (exact) mass is 304 g/mol. The topological polar surface area (TPSA) is 78.3 Å². The van der Waals surface area contributed by atoms with E-state index in [1.807, 2.05) is 19.9 Å². The van der Waals surface area contributed by atoms with E-state index in [1.165, 1.54) is 0 Å². The summed E-state index contributed by atoms with van der Waals surface area (Å²) < 4.78 is 5.76. The Kier molecular flexibility index (Phi) is 4.38. The highest BCUT2D eigenvalue weighted by Gasteiger charge is 2.08. The molecule has 0 aliphatic heterocycles. The minimum atomic E-state index is -0.508. The number of aryl methyl sites for hydroxylation is 2. The van der Waals surface area contributed by atoms with Crippen LogP contribution in [0.4, 0.5) is 5.69 Å². The highest BCUT2D eigenvalue weighted by atomic mass is 35.5. The zero-order chi connectivity index (χ0) is 15.6. The summed E-state index contributed by atoms with van der Waals surface area (Å²) in [5, 5.41) is 0.448. The predicted octanol–water partition coefficient (Wildman–Crippen LogP) is 3.22. The number of rotatable bonds is 4. The van der Waals surface area contributed by atoms with Crippen molar-refractivity contribution in [3.05, 3.63) is 57.6 Å². The smallest absolute Gasteiger partial charge is 0.248 e. The number of halogens is 1. The third kappa shape index (κ3) is 3.47. The molecule has 0 atom stereocenters. The van der Waals surface area contributed by atoms with Gasteiger partial charge in [0.15, 0.2) is 0 Å². The quantitative estimate of drug-likeness (QED) is 0.851. The number of nitrogen functional groups attached to an aromatic ring is 1. The predicted molar refractivity (Wildman–Crippen MR) is 84.6 cm³/mol. The molecule has 2 aromatic carbocycles. The molecule has 4 nitrogen and oxygen atoms in total. The van der Waals surface area contributed by atoms with Crippen molar-refractivity contribution in [2.75, 3.05) is 5.73 Å². The van der Waals surface area contributed by atoms with Gasteiger partial charge in [-0.1, -0.05) is 23.7 Å². The molecule has 5 heteroatoms. The number of nitrogens with two attached hydrogens (primary N) is 2. The first-order valence-electron chi connectivity index (χ1n) is 6.46. The zero-order valence-corrected chi connectivity index (χ0v) is 12.7. The number of benzene rings is 2. The van der Waals surface area contributed by atoms with Crippen molar-refractivity contribution in [3.8, 4) is 5.75 Å². The first-order valence-corrected chi connectivity index (χ1v) is 6.84. The molecule has 4 N–H and O–H groups in total. The molecule has 0 spiro atoms. The Bertz CT molecular complexity index is 699. The van der Waals surface area contributed by atoms with Crippen LogP contribution in [-0.2, 0) is 6.61 Å². The molecule has 0 heterocycles. The number of primary amides is 1. The maximum atomic E-state index is 11.1. The van der Waals surface area contributed by atoms with Crippen LogP contribution in [0.1, 0.15) is 27.0 Å². The largest absolute Gasteiger partial charge is 0.489 e. The van der Waals surface area contributed by atoms with Crippen molar-refractivity contribution < 1.29 is 9.53 Å². The molecule has 0 aliphatic rings. The first-order chi connectivity index (χ1) is 9.88. The summed E-state index contributed by atoms with van der Waals surface area (Å²) in [6.07, 6.45) is 0. The summed E-state index contributed by atoms with van der Waals surface area (Å²) >= 11 is 6.12. The van der Waals surface area contributed by atoms with Crippen molar-refractivity contribution in [1.29, 1.82) is 0 Å². The molecule has 0 aliphatic carbocycles. The average molecular weight is 305 g/mol. The van der Waals surface area contributed by atoms with Gasteiger partial charge in [0.2, 0.25) is 5.91 Å². The number of anilines is 1. The maximum Gasteiger partial charge on any atom is 0.248 e. The van der Waals surface area contributed by atoms with Crippen LogP contribution in [-0.4, -0.2) is 5.91 Å². The zero-order valence-electron chi connectivity index (χ0n) is 11.9. The minimum absolute atomic E-state index is 0.293. The van der Waals surface area contributed by atoms with Crippen LogP contribution in [0.3, 0.4) is 0 Å². The molecule has 0 fully saturated rings. The number of carbonyl (C=O) groups excluding carboxylic acids is 1. The molecule has 1 amide bonds. The Labute approximate surface area is 128 Å². The first kappa shape index (κ1) is 15.2. The van der Waals surface area contributed by atoms with E-state index in [2.05, 4.69) is 0 Å². The van der Waals surface area contributed by atoms with Crippen LogP contribution in [0.15, 0.2) is 30.3 Å². The van der Waals surface area contributed by atoms with Crippen LogP contribution in [0.5, 0.6) is 5.75 Å². The van der Waals surface area contributed by atoms with Gasteiger partial charge in [0.05, 0.1) is 0 Å². The number of ether oxygens (including phenoxy) is 1. The highest BCUT2D eigenvalue weighted by Crippen LogP contribution is 2.26. The van der Waals surface area contributed by atoms with Gasteiger partial charge in [-0.3, -0.25) is 4.79 Å². The second kappa shape index (κ2) is 6.06. The maximum absolute atomic E-state index is 11.1. The molecular formula is C16H17ClN2O2. The van der Waals surface area contributed by atoms with Crippen LogP contribution >= 0.6 is 11.6 Å². The Morgan fingerprint density at radius 2 is 1.90 bits per heavy atom. The molecule has 21 heavy (non-hydrogen) atoms. The summed E-state index contributed by atoms with van der Waals surface area (Å²) in [6, 6.07) is 8.68. The molecule has 0 saturated heterocycles. The fraction of sp³-hybridized carbons (Fsp3) is 0.188. The van der Waals surface area contributed by atoms with Crippen molar-refractivity contribution in [2.24, 2.45) is 5.73 Å². The van der Waals surface area contributed by atoms with Gasteiger partial charge >= 0.3 is 0 Å². The summed E-state index contributed by atoms with van der Waals surface area (Å²) in [4.78, 5) is 11.1. The van der Waals surface area contributed by atoms with Crippen LogP contribution < -0.4 is 16.2 Å². The van der Waals surface area contributed by atoms with E-state index in [-0.39, 0.29) is 0 Å². The lowest BCUT2D eigenvalue weighted by Gasteiger charge is -2.12. The molecular weight excluding hydrogens is 288 g/mol. The fourth-order valence-corrected chi connectivity index (χ4v) is 2.21. The van der Waals surface area contributed by atoms with E-state index in [4.69, 9.17) is 27.8 Å². The van der Waals surface area contributed by atoms with E-state index in [0.717, 1.165) is 16.7 Å². The molecule has 110 valence electrons. The normalized spacial score (nSPS) is 10.4. The lowest BCUT2D eigenvalue weighted by atomic mass is 10.1. The van der Waals surface area contributed by atoms with Crippen LogP contribution in [0.25, 0.3) is 0 Å². The summed E-state index contributed by atoms with van der Waals surface area (Å²) in [7, 11) is 0. The molecule has 2 rings (SSSR count). The second-order valence-electron chi connectivity index (χ2n) is 4.93. The van der Waals surface area contributed by atoms with Gasteiger partial charge in [-0.25, -0.2) is 0 Å².